The van der Waals surface area contributed by atoms with Crippen LogP contribution in [-0.4, -0.2) is 75.8 Å². The number of carbonyl (C=O) groups excluding carboxylic acids is 2. The summed E-state index contributed by atoms with van der Waals surface area (Å²) < 4.78 is 17.8. The summed E-state index contributed by atoms with van der Waals surface area (Å²) in [6.07, 6.45) is 19.6. The van der Waals surface area contributed by atoms with Gasteiger partial charge >= 0.3 is 6.09 Å². The Balaban J connectivity index is 1.13. The van der Waals surface area contributed by atoms with Gasteiger partial charge in [0.25, 0.3) is 0 Å². The van der Waals surface area contributed by atoms with Crippen molar-refractivity contribution in [2.75, 3.05) is 39.9 Å². The fraction of sp³-hybridized carbons (Fsp3) is 0.886. The van der Waals surface area contributed by atoms with Crippen molar-refractivity contribution in [2.24, 2.45) is 62.8 Å². The van der Waals surface area contributed by atoms with Gasteiger partial charge in [0.15, 0.2) is 11.7 Å². The van der Waals surface area contributed by atoms with E-state index >= 15 is 0 Å². The maximum absolute atomic E-state index is 12.8. The first-order chi connectivity index (χ1) is 26.1. The Kier molecular flexibility index (Phi) is 17.2. The zero-order chi connectivity index (χ0) is 40.2. The number of amides is 2. The van der Waals surface area contributed by atoms with E-state index in [1.165, 1.54) is 63.4 Å². The summed E-state index contributed by atoms with van der Waals surface area (Å²) in [6.45, 7) is 17.9. The summed E-state index contributed by atoms with van der Waals surface area (Å²) in [6, 6.07) is -0.296. The van der Waals surface area contributed by atoms with E-state index in [1.807, 2.05) is 13.8 Å². The molecule has 3 fully saturated rings. The highest BCUT2D eigenvalue weighted by atomic mass is 16.7. The fourth-order valence-electron chi connectivity index (χ4n) is 11.3. The van der Waals surface area contributed by atoms with Crippen LogP contribution in [0.25, 0.3) is 0 Å². The molecule has 4 aliphatic carbocycles. The van der Waals surface area contributed by atoms with Crippen LogP contribution in [0.1, 0.15) is 145 Å². The van der Waals surface area contributed by atoms with Crippen molar-refractivity contribution in [2.45, 2.75) is 163 Å². The Morgan fingerprint density at radius 2 is 1.60 bits per heavy atom. The van der Waals surface area contributed by atoms with Crippen LogP contribution in [-0.2, 0) is 19.0 Å². The molecule has 0 bridgehead atoms. The molecule has 9 atom stereocenters. The average Bonchev–Trinajstić information content (AvgIpc) is 3.49. The molecule has 0 aromatic heterocycles. The predicted molar refractivity (Wildman–Crippen MR) is 222 cm³/mol. The lowest BCUT2D eigenvalue weighted by atomic mass is 9.47. The van der Waals surface area contributed by atoms with E-state index in [0.29, 0.717) is 38.1 Å². The summed E-state index contributed by atoms with van der Waals surface area (Å²) >= 11 is 0. The van der Waals surface area contributed by atoms with E-state index in [0.717, 1.165) is 67.6 Å². The van der Waals surface area contributed by atoms with Crippen LogP contribution >= 0.6 is 0 Å². The zero-order valence-electron chi connectivity index (χ0n) is 36.0. The van der Waals surface area contributed by atoms with Gasteiger partial charge in [-0.1, -0.05) is 72.0 Å². The Labute approximate surface area is 334 Å². The number of nitrogens with zero attached hydrogens (tertiary/aromatic N) is 1. The third-order valence-electron chi connectivity index (χ3n) is 14.3. The second-order valence-corrected chi connectivity index (χ2v) is 18.9. The smallest absolute Gasteiger partial charge is 0.407 e. The molecule has 316 valence electrons. The topological polar surface area (TPSA) is 162 Å². The molecule has 0 saturated heterocycles. The van der Waals surface area contributed by atoms with Crippen LogP contribution in [0.15, 0.2) is 16.6 Å². The monoisotopic (exact) mass is 773 g/mol. The molecule has 7 N–H and O–H groups in total. The van der Waals surface area contributed by atoms with Crippen molar-refractivity contribution in [3.05, 3.63) is 11.6 Å². The minimum Gasteiger partial charge on any atom is -0.446 e. The number of aliphatic imine (C=N–C) groups is 1. The first-order valence-corrected chi connectivity index (χ1v) is 22.0. The van der Waals surface area contributed by atoms with Crippen LogP contribution in [0.4, 0.5) is 4.79 Å². The predicted octanol–water partition coefficient (Wildman–Crippen LogP) is 7.43. The Bertz CT molecular complexity index is 1280. The lowest BCUT2D eigenvalue weighted by Gasteiger charge is -2.58. The van der Waals surface area contributed by atoms with Crippen molar-refractivity contribution in [3.63, 3.8) is 0 Å². The molecule has 0 spiro atoms. The maximum atomic E-state index is 12.8. The highest BCUT2D eigenvalue weighted by Gasteiger charge is 2.59. The molecule has 0 aromatic carbocycles. The third-order valence-corrected chi connectivity index (χ3v) is 14.3. The number of hydrogen-bond donors (Lipinski definition) is 5. The molecule has 0 aromatic rings. The Hall–Kier alpha value is -2.37. The highest BCUT2D eigenvalue weighted by Crippen LogP contribution is 2.67. The SMILES string of the molecule is CNC(CCCCN=C(N)N)C(=O)NCCOC(C)(C)OCCNC(=O)OC1CCC2(C)C(=CCC3C2CCC2(C)C(C(C)CCCCC(C)C)CCC32)C1. The van der Waals surface area contributed by atoms with Crippen molar-refractivity contribution >= 4 is 18.0 Å². The molecule has 2 amide bonds. The number of unbranched alkanes of at least 4 members (excludes halogenated alkanes) is 2. The van der Waals surface area contributed by atoms with Gasteiger partial charge in [-0.05, 0) is 131 Å². The molecule has 11 heteroatoms. The van der Waals surface area contributed by atoms with E-state index < -0.39 is 5.79 Å². The lowest BCUT2D eigenvalue weighted by molar-refractivity contribution is -0.211. The largest absolute Gasteiger partial charge is 0.446 e. The van der Waals surface area contributed by atoms with Crippen molar-refractivity contribution in [3.8, 4) is 0 Å². The zero-order valence-corrected chi connectivity index (χ0v) is 36.0. The van der Waals surface area contributed by atoms with Crippen LogP contribution in [0.5, 0.6) is 0 Å². The number of ether oxygens (including phenoxy) is 3. The van der Waals surface area contributed by atoms with E-state index in [2.05, 4.69) is 61.6 Å². The minimum absolute atomic E-state index is 0.0761. The van der Waals surface area contributed by atoms with Crippen LogP contribution in [0.2, 0.25) is 0 Å². The first kappa shape index (κ1) is 45.3. The van der Waals surface area contributed by atoms with Gasteiger partial charge < -0.3 is 41.6 Å². The second-order valence-electron chi connectivity index (χ2n) is 18.9. The van der Waals surface area contributed by atoms with Gasteiger partial charge in [-0.15, -0.1) is 0 Å². The molecule has 0 aliphatic heterocycles. The summed E-state index contributed by atoms with van der Waals surface area (Å²) in [5, 5.41) is 8.86. The molecule has 4 aliphatic rings. The van der Waals surface area contributed by atoms with Gasteiger partial charge in [0.05, 0.1) is 19.3 Å². The van der Waals surface area contributed by atoms with E-state index in [9.17, 15) is 9.59 Å². The van der Waals surface area contributed by atoms with Gasteiger partial charge in [-0.3, -0.25) is 9.79 Å². The fourth-order valence-corrected chi connectivity index (χ4v) is 11.3. The number of allylic oxidation sites excluding steroid dienone is 1. The number of nitrogens with two attached hydrogens (primary N) is 2. The van der Waals surface area contributed by atoms with Crippen LogP contribution < -0.4 is 27.4 Å². The number of nitrogens with one attached hydrogen (secondary N) is 3. The van der Waals surface area contributed by atoms with Crippen molar-refractivity contribution < 1.29 is 23.8 Å². The maximum Gasteiger partial charge on any atom is 0.407 e. The standard InChI is InChI=1S/C44H80N6O5/c1-30(2)13-9-10-14-31(3)35-18-19-36-34-17-16-32-29-33(20-22-43(32,6)37(34)21-23-44(35,36)7)55-41(52)50-26-28-54-42(4,5)53-27-25-48-39(51)38(47-8)15-11-12-24-49-40(45)46/h16,30-31,33-38,47H,9-15,17-29H2,1-8H3,(H,48,51)(H,50,52)(H4,45,46,49). The highest BCUT2D eigenvalue weighted by molar-refractivity contribution is 5.81. The van der Waals surface area contributed by atoms with Gasteiger partial charge in [-0.2, -0.15) is 0 Å². The van der Waals surface area contributed by atoms with E-state index in [4.69, 9.17) is 25.7 Å². The van der Waals surface area contributed by atoms with Crippen LogP contribution in [0.3, 0.4) is 0 Å². The molecule has 55 heavy (non-hydrogen) atoms. The molecule has 3 saturated carbocycles. The van der Waals surface area contributed by atoms with Crippen LogP contribution in [0, 0.1) is 46.3 Å². The molecule has 4 rings (SSSR count). The average molecular weight is 773 g/mol. The Morgan fingerprint density at radius 3 is 2.29 bits per heavy atom. The van der Waals surface area contributed by atoms with Gasteiger partial charge in [0.2, 0.25) is 5.91 Å². The number of carbonyl (C=O) groups is 2. The third kappa shape index (κ3) is 12.6. The molecule has 11 nitrogen and oxygen atoms in total. The number of fused-ring (bicyclic) bond motifs is 5. The summed E-state index contributed by atoms with van der Waals surface area (Å²) in [7, 11) is 1.77. The van der Waals surface area contributed by atoms with E-state index in [-0.39, 0.29) is 42.1 Å². The molecular formula is C44H80N6O5. The molecular weight excluding hydrogens is 693 g/mol. The number of hydrogen-bond acceptors (Lipinski definition) is 7. The van der Waals surface area contributed by atoms with Gasteiger partial charge in [0, 0.05) is 26.1 Å². The van der Waals surface area contributed by atoms with Crippen molar-refractivity contribution in [1.82, 2.24) is 16.0 Å². The van der Waals surface area contributed by atoms with Crippen molar-refractivity contribution in [1.29, 1.82) is 0 Å². The number of rotatable bonds is 22. The first-order valence-electron chi connectivity index (χ1n) is 22.0. The van der Waals surface area contributed by atoms with E-state index in [1.54, 1.807) is 7.05 Å². The second kappa shape index (κ2) is 20.9. The summed E-state index contributed by atoms with van der Waals surface area (Å²) in [5.41, 5.74) is 13.0. The summed E-state index contributed by atoms with van der Waals surface area (Å²) in [5.74, 6) is 4.07. The molecule has 9 unspecified atom stereocenters. The summed E-state index contributed by atoms with van der Waals surface area (Å²) in [4.78, 5) is 29.4. The number of guanidine groups is 1. The molecule has 0 radical (unpaired) electrons. The number of likely N-dealkylation sites (N-methyl/N-ethyl adjacent to an activating group) is 1. The normalized spacial score (nSPS) is 30.0. The quantitative estimate of drug-likeness (QED) is 0.0250. The van der Waals surface area contributed by atoms with Gasteiger partial charge in [-0.25, -0.2) is 4.79 Å². The minimum atomic E-state index is -0.870. The Morgan fingerprint density at radius 1 is 0.909 bits per heavy atom. The van der Waals surface area contributed by atoms with Gasteiger partial charge in [0.1, 0.15) is 6.10 Å². The molecule has 0 heterocycles. The lowest BCUT2D eigenvalue weighted by Crippen LogP contribution is -2.51. The number of alkyl carbamates (subject to hydrolysis) is 1.